The maximum Gasteiger partial charge on any atom is 0.338 e. The van der Waals surface area contributed by atoms with Crippen molar-refractivity contribution in [3.05, 3.63) is 63.1 Å². The van der Waals surface area contributed by atoms with E-state index < -0.39 is 5.97 Å². The maximum atomic E-state index is 12.0. The molecule has 0 aliphatic rings. The lowest BCUT2D eigenvalue weighted by Gasteiger charge is -2.09. The molecule has 0 aromatic heterocycles. The molecule has 0 spiro atoms. The second kappa shape index (κ2) is 6.16. The standard InChI is InChI=1S/C15H13Cl2NO2/c1-9-12(3-2-4-14(9)18)15(19)20-8-10-5-6-11(16)7-13(10)17/h2-7H,8,18H2,1H3. The predicted octanol–water partition coefficient (Wildman–Crippen LogP) is 4.24. The summed E-state index contributed by atoms with van der Waals surface area (Å²) >= 11 is 11.8. The molecule has 0 amide bonds. The molecule has 5 heteroatoms. The van der Waals surface area contributed by atoms with Gasteiger partial charge in [-0.1, -0.05) is 35.3 Å². The highest BCUT2D eigenvalue weighted by molar-refractivity contribution is 6.35. The number of carbonyl (C=O) groups is 1. The lowest BCUT2D eigenvalue weighted by Crippen LogP contribution is -2.08. The van der Waals surface area contributed by atoms with Crippen molar-refractivity contribution < 1.29 is 9.53 Å². The zero-order valence-corrected chi connectivity index (χ0v) is 12.3. The van der Waals surface area contributed by atoms with Crippen molar-refractivity contribution in [2.75, 3.05) is 5.73 Å². The first-order valence-electron chi connectivity index (χ1n) is 5.95. The fourth-order valence-electron chi connectivity index (χ4n) is 1.73. The third-order valence-electron chi connectivity index (χ3n) is 2.97. The largest absolute Gasteiger partial charge is 0.457 e. The van der Waals surface area contributed by atoms with Crippen LogP contribution in [0.3, 0.4) is 0 Å². The van der Waals surface area contributed by atoms with Crippen LogP contribution in [0.4, 0.5) is 5.69 Å². The Hall–Kier alpha value is -1.71. The lowest BCUT2D eigenvalue weighted by molar-refractivity contribution is 0.0472. The van der Waals surface area contributed by atoms with E-state index >= 15 is 0 Å². The zero-order valence-electron chi connectivity index (χ0n) is 10.8. The van der Waals surface area contributed by atoms with Crippen LogP contribution < -0.4 is 5.73 Å². The average molecular weight is 310 g/mol. The Morgan fingerprint density at radius 1 is 1.25 bits per heavy atom. The summed E-state index contributed by atoms with van der Waals surface area (Å²) in [5, 5.41) is 1.01. The lowest BCUT2D eigenvalue weighted by atomic mass is 10.1. The van der Waals surface area contributed by atoms with Gasteiger partial charge in [0.2, 0.25) is 0 Å². The van der Waals surface area contributed by atoms with Gasteiger partial charge in [0.05, 0.1) is 5.56 Å². The number of hydrogen-bond donors (Lipinski definition) is 1. The first-order chi connectivity index (χ1) is 9.49. The molecule has 2 aromatic carbocycles. The highest BCUT2D eigenvalue weighted by atomic mass is 35.5. The third-order valence-corrected chi connectivity index (χ3v) is 3.56. The van der Waals surface area contributed by atoms with Gasteiger partial charge >= 0.3 is 5.97 Å². The van der Waals surface area contributed by atoms with Gasteiger partial charge in [-0.25, -0.2) is 4.79 Å². The number of benzene rings is 2. The predicted molar refractivity (Wildman–Crippen MR) is 81.2 cm³/mol. The first-order valence-corrected chi connectivity index (χ1v) is 6.71. The highest BCUT2D eigenvalue weighted by Gasteiger charge is 2.13. The van der Waals surface area contributed by atoms with Crippen LogP contribution in [0, 0.1) is 6.92 Å². The molecule has 0 saturated heterocycles. The fraction of sp³-hybridized carbons (Fsp3) is 0.133. The minimum atomic E-state index is -0.430. The molecule has 20 heavy (non-hydrogen) atoms. The SMILES string of the molecule is Cc1c(N)cccc1C(=O)OCc1ccc(Cl)cc1Cl. The Morgan fingerprint density at radius 3 is 2.70 bits per heavy atom. The molecule has 0 fully saturated rings. The summed E-state index contributed by atoms with van der Waals surface area (Å²) in [6.07, 6.45) is 0. The summed E-state index contributed by atoms with van der Waals surface area (Å²) in [5.74, 6) is -0.430. The summed E-state index contributed by atoms with van der Waals surface area (Å²) in [6.45, 7) is 1.87. The van der Waals surface area contributed by atoms with E-state index in [-0.39, 0.29) is 6.61 Å². The number of carbonyl (C=O) groups excluding carboxylic acids is 1. The number of hydrogen-bond acceptors (Lipinski definition) is 3. The van der Waals surface area contributed by atoms with Crippen LogP contribution in [0.5, 0.6) is 0 Å². The molecular formula is C15H13Cl2NO2. The molecular weight excluding hydrogens is 297 g/mol. The van der Waals surface area contributed by atoms with Crippen molar-refractivity contribution in [3.63, 3.8) is 0 Å². The van der Waals surface area contributed by atoms with Gasteiger partial charge in [0, 0.05) is 21.3 Å². The van der Waals surface area contributed by atoms with Crippen molar-refractivity contribution in [1.82, 2.24) is 0 Å². The fourth-order valence-corrected chi connectivity index (χ4v) is 2.20. The van der Waals surface area contributed by atoms with Gasteiger partial charge in [-0.05, 0) is 36.8 Å². The molecule has 104 valence electrons. The molecule has 0 atom stereocenters. The first kappa shape index (κ1) is 14.7. The third kappa shape index (κ3) is 3.24. The molecule has 0 aliphatic carbocycles. The Balaban J connectivity index is 2.11. The van der Waals surface area contributed by atoms with Crippen LogP contribution in [0.2, 0.25) is 10.0 Å². The molecule has 0 unspecified atom stereocenters. The second-order valence-electron chi connectivity index (χ2n) is 4.33. The molecule has 3 nitrogen and oxygen atoms in total. The van der Waals surface area contributed by atoms with Gasteiger partial charge in [0.25, 0.3) is 0 Å². The number of nitrogen functional groups attached to an aromatic ring is 1. The van der Waals surface area contributed by atoms with E-state index in [4.69, 9.17) is 33.7 Å². The van der Waals surface area contributed by atoms with Crippen molar-refractivity contribution in [1.29, 1.82) is 0 Å². The molecule has 0 bridgehead atoms. The van der Waals surface area contributed by atoms with Gasteiger partial charge in [0.1, 0.15) is 6.61 Å². The molecule has 2 aromatic rings. The topological polar surface area (TPSA) is 52.3 Å². The normalized spacial score (nSPS) is 10.3. The summed E-state index contributed by atoms with van der Waals surface area (Å²) < 4.78 is 5.25. The summed E-state index contributed by atoms with van der Waals surface area (Å²) in [5.41, 5.74) is 8.18. The Bertz CT molecular complexity index is 656. The Kier molecular flexibility index (Phi) is 4.53. The van der Waals surface area contributed by atoms with Gasteiger partial charge in [-0.15, -0.1) is 0 Å². The smallest absolute Gasteiger partial charge is 0.338 e. The van der Waals surface area contributed by atoms with Gasteiger partial charge < -0.3 is 10.5 Å². The van der Waals surface area contributed by atoms with E-state index in [0.29, 0.717) is 32.4 Å². The zero-order chi connectivity index (χ0) is 14.7. The number of esters is 1. The van der Waals surface area contributed by atoms with E-state index in [2.05, 4.69) is 0 Å². The number of rotatable bonds is 3. The van der Waals surface area contributed by atoms with E-state index in [0.717, 1.165) is 0 Å². The molecule has 2 N–H and O–H groups in total. The van der Waals surface area contributed by atoms with Crippen molar-refractivity contribution in [3.8, 4) is 0 Å². The molecule has 0 aliphatic heterocycles. The van der Waals surface area contributed by atoms with Crippen LogP contribution in [0.1, 0.15) is 21.5 Å². The number of nitrogens with two attached hydrogens (primary N) is 1. The quantitative estimate of drug-likeness (QED) is 0.681. The second-order valence-corrected chi connectivity index (χ2v) is 5.18. The minimum absolute atomic E-state index is 0.0864. The Morgan fingerprint density at radius 2 is 2.00 bits per heavy atom. The van der Waals surface area contributed by atoms with E-state index in [9.17, 15) is 4.79 Å². The van der Waals surface area contributed by atoms with E-state index in [1.54, 1.807) is 43.3 Å². The minimum Gasteiger partial charge on any atom is -0.457 e. The van der Waals surface area contributed by atoms with Crippen LogP contribution in [0.15, 0.2) is 36.4 Å². The molecule has 0 heterocycles. The Labute approximate surface area is 127 Å². The van der Waals surface area contributed by atoms with Crippen LogP contribution in [0.25, 0.3) is 0 Å². The summed E-state index contributed by atoms with van der Waals surface area (Å²) in [7, 11) is 0. The van der Waals surface area contributed by atoms with Crippen LogP contribution in [-0.2, 0) is 11.3 Å². The molecule has 0 saturated carbocycles. The van der Waals surface area contributed by atoms with Gasteiger partial charge in [0.15, 0.2) is 0 Å². The van der Waals surface area contributed by atoms with Crippen molar-refractivity contribution in [2.45, 2.75) is 13.5 Å². The molecule has 2 rings (SSSR count). The highest BCUT2D eigenvalue weighted by Crippen LogP contribution is 2.22. The van der Waals surface area contributed by atoms with Crippen LogP contribution >= 0.6 is 23.2 Å². The van der Waals surface area contributed by atoms with Crippen molar-refractivity contribution in [2.24, 2.45) is 0 Å². The average Bonchev–Trinajstić information content (AvgIpc) is 2.40. The number of anilines is 1. The van der Waals surface area contributed by atoms with E-state index in [1.807, 2.05) is 0 Å². The summed E-state index contributed by atoms with van der Waals surface area (Å²) in [6, 6.07) is 10.2. The van der Waals surface area contributed by atoms with E-state index in [1.165, 1.54) is 0 Å². The van der Waals surface area contributed by atoms with Gasteiger partial charge in [-0.2, -0.15) is 0 Å². The van der Waals surface area contributed by atoms with Gasteiger partial charge in [-0.3, -0.25) is 0 Å². The van der Waals surface area contributed by atoms with Crippen molar-refractivity contribution >= 4 is 34.9 Å². The number of halogens is 2. The monoisotopic (exact) mass is 309 g/mol. The maximum absolute atomic E-state index is 12.0. The number of ether oxygens (including phenoxy) is 1. The van der Waals surface area contributed by atoms with Crippen LogP contribution in [-0.4, -0.2) is 5.97 Å². The summed E-state index contributed by atoms with van der Waals surface area (Å²) in [4.78, 5) is 12.0. The molecule has 0 radical (unpaired) electrons.